The first kappa shape index (κ1) is 19.7. The van der Waals surface area contributed by atoms with Crippen molar-refractivity contribution < 1.29 is 0 Å². The molecule has 1 aromatic rings. The van der Waals surface area contributed by atoms with Gasteiger partial charge in [-0.2, -0.15) is 0 Å². The van der Waals surface area contributed by atoms with E-state index in [4.69, 9.17) is 0 Å². The van der Waals surface area contributed by atoms with E-state index >= 15 is 0 Å². The Balaban J connectivity index is 1.40. The Morgan fingerprint density at radius 2 is 2.00 bits per heavy atom. The van der Waals surface area contributed by atoms with E-state index in [1.807, 2.05) is 13.2 Å². The summed E-state index contributed by atoms with van der Waals surface area (Å²) in [6, 6.07) is 4.29. The maximum atomic E-state index is 4.65. The number of nitrogens with one attached hydrogen (secondary N) is 2. The van der Waals surface area contributed by atoms with Crippen LogP contribution in [0.15, 0.2) is 35.0 Å². The van der Waals surface area contributed by atoms with Crippen molar-refractivity contribution in [2.45, 2.75) is 38.6 Å². The molecule has 2 N–H and O–H groups in total. The monoisotopic (exact) mass is 370 g/mol. The van der Waals surface area contributed by atoms with Gasteiger partial charge in [-0.3, -0.25) is 4.99 Å². The highest BCUT2D eigenvalue weighted by molar-refractivity contribution is 5.79. The Kier molecular flexibility index (Phi) is 7.51. The molecule has 6 heteroatoms. The van der Waals surface area contributed by atoms with Gasteiger partial charge in [-0.1, -0.05) is 17.7 Å². The minimum absolute atomic E-state index is 0.735. The number of likely N-dealkylation sites (N-methyl/N-ethyl adjacent to an activating group) is 1. The number of allylic oxidation sites excluding steroid dienone is 1. The van der Waals surface area contributed by atoms with E-state index in [0.717, 1.165) is 57.5 Å². The zero-order valence-corrected chi connectivity index (χ0v) is 16.9. The summed E-state index contributed by atoms with van der Waals surface area (Å²) in [4.78, 5) is 13.7. The van der Waals surface area contributed by atoms with Crippen molar-refractivity contribution in [3.05, 3.63) is 35.5 Å². The number of hydrogen-bond acceptors (Lipinski definition) is 4. The summed E-state index contributed by atoms with van der Waals surface area (Å²) in [6.07, 6.45) is 10.7. The van der Waals surface area contributed by atoms with E-state index in [1.54, 1.807) is 5.57 Å². The molecule has 0 radical (unpaired) electrons. The van der Waals surface area contributed by atoms with Gasteiger partial charge >= 0.3 is 0 Å². The molecule has 2 aliphatic rings. The van der Waals surface area contributed by atoms with Gasteiger partial charge in [0.05, 0.1) is 0 Å². The fourth-order valence-electron chi connectivity index (χ4n) is 3.62. The van der Waals surface area contributed by atoms with Crippen LogP contribution in [0.2, 0.25) is 0 Å². The highest BCUT2D eigenvalue weighted by Gasteiger charge is 2.14. The third kappa shape index (κ3) is 6.24. The van der Waals surface area contributed by atoms with Crippen molar-refractivity contribution in [1.82, 2.24) is 20.5 Å². The van der Waals surface area contributed by atoms with Crippen LogP contribution >= 0.6 is 0 Å². The standard InChI is InChI=1S/C21H34N6/c1-22-21(23-11-10-18-6-4-3-5-7-18)25-17-19-8-9-20(24-16-19)27-14-12-26(2)13-15-27/h6,8-9,16H,3-5,7,10-15,17H2,1-2H3,(H2,22,23,25). The molecule has 0 saturated carbocycles. The van der Waals surface area contributed by atoms with Crippen LogP contribution in [0.3, 0.4) is 0 Å². The average molecular weight is 371 g/mol. The quantitative estimate of drug-likeness (QED) is 0.457. The molecule has 0 amide bonds. The predicted octanol–water partition coefficient (Wildman–Crippen LogP) is 2.39. The van der Waals surface area contributed by atoms with Crippen LogP contribution in [0.4, 0.5) is 5.82 Å². The van der Waals surface area contributed by atoms with Crippen molar-refractivity contribution in [2.75, 3.05) is 51.7 Å². The number of aliphatic imine (C=N–C) groups is 1. The summed E-state index contributed by atoms with van der Waals surface area (Å²) in [6.45, 7) is 5.97. The van der Waals surface area contributed by atoms with E-state index in [0.29, 0.717) is 0 Å². The molecule has 1 fully saturated rings. The zero-order chi connectivity index (χ0) is 18.9. The number of guanidine groups is 1. The minimum atomic E-state index is 0.735. The normalized spacial score (nSPS) is 19.0. The molecule has 2 heterocycles. The highest BCUT2D eigenvalue weighted by Crippen LogP contribution is 2.19. The summed E-state index contributed by atoms with van der Waals surface area (Å²) in [5.74, 6) is 1.93. The lowest BCUT2D eigenvalue weighted by molar-refractivity contribution is 0.312. The lowest BCUT2D eigenvalue weighted by Crippen LogP contribution is -2.44. The SMILES string of the molecule is CN=C(NCCC1=CCCCC1)NCc1ccc(N2CCN(C)CC2)nc1. The zero-order valence-electron chi connectivity index (χ0n) is 16.9. The van der Waals surface area contributed by atoms with E-state index in [-0.39, 0.29) is 0 Å². The molecule has 3 rings (SSSR count). The molecular formula is C21H34N6. The molecule has 27 heavy (non-hydrogen) atoms. The molecule has 6 nitrogen and oxygen atoms in total. The van der Waals surface area contributed by atoms with E-state index in [1.165, 1.54) is 31.2 Å². The number of aromatic nitrogens is 1. The maximum Gasteiger partial charge on any atom is 0.191 e. The van der Waals surface area contributed by atoms with E-state index in [9.17, 15) is 0 Å². The number of anilines is 1. The molecule has 1 aliphatic carbocycles. The number of piperazine rings is 1. The topological polar surface area (TPSA) is 55.8 Å². The molecule has 1 aromatic heterocycles. The lowest BCUT2D eigenvalue weighted by atomic mass is 9.97. The third-order valence-corrected chi connectivity index (χ3v) is 5.44. The van der Waals surface area contributed by atoms with Crippen molar-refractivity contribution >= 4 is 11.8 Å². The lowest BCUT2D eigenvalue weighted by Gasteiger charge is -2.33. The summed E-state index contributed by atoms with van der Waals surface area (Å²) in [5, 5.41) is 6.81. The molecule has 0 bridgehead atoms. The summed E-state index contributed by atoms with van der Waals surface area (Å²) >= 11 is 0. The molecule has 0 unspecified atom stereocenters. The summed E-state index contributed by atoms with van der Waals surface area (Å²) < 4.78 is 0. The fourth-order valence-corrected chi connectivity index (χ4v) is 3.62. The Hall–Kier alpha value is -2.08. The van der Waals surface area contributed by atoms with Crippen molar-refractivity contribution in [1.29, 1.82) is 0 Å². The van der Waals surface area contributed by atoms with Crippen molar-refractivity contribution in [3.63, 3.8) is 0 Å². The number of hydrogen-bond donors (Lipinski definition) is 2. The molecule has 0 atom stereocenters. The van der Waals surface area contributed by atoms with E-state index < -0.39 is 0 Å². The molecule has 0 aromatic carbocycles. The largest absolute Gasteiger partial charge is 0.356 e. The van der Waals surface area contributed by atoms with Gasteiger partial charge in [-0.15, -0.1) is 0 Å². The van der Waals surface area contributed by atoms with Crippen LogP contribution in [-0.4, -0.2) is 62.7 Å². The number of rotatable bonds is 6. The van der Waals surface area contributed by atoms with Gasteiger partial charge in [-0.25, -0.2) is 4.98 Å². The van der Waals surface area contributed by atoms with Crippen LogP contribution in [0.25, 0.3) is 0 Å². The molecule has 1 saturated heterocycles. The Morgan fingerprint density at radius 1 is 1.15 bits per heavy atom. The molecule has 148 valence electrons. The molecule has 1 aliphatic heterocycles. The highest BCUT2D eigenvalue weighted by atomic mass is 15.3. The molecule has 0 spiro atoms. The van der Waals surface area contributed by atoms with Crippen LogP contribution in [0.1, 0.15) is 37.7 Å². The van der Waals surface area contributed by atoms with Gasteiger partial charge in [0.25, 0.3) is 0 Å². The first-order valence-electron chi connectivity index (χ1n) is 10.3. The van der Waals surface area contributed by atoms with Gasteiger partial charge in [0.2, 0.25) is 0 Å². The van der Waals surface area contributed by atoms with Crippen LogP contribution in [0, 0.1) is 0 Å². The minimum Gasteiger partial charge on any atom is -0.356 e. The van der Waals surface area contributed by atoms with E-state index in [2.05, 4.69) is 55.7 Å². The second kappa shape index (κ2) is 10.3. The maximum absolute atomic E-state index is 4.65. The Morgan fingerprint density at radius 3 is 2.67 bits per heavy atom. The predicted molar refractivity (Wildman–Crippen MR) is 113 cm³/mol. The van der Waals surface area contributed by atoms with Gasteiger partial charge in [-0.05, 0) is 50.8 Å². The van der Waals surface area contributed by atoms with Crippen molar-refractivity contribution in [3.8, 4) is 0 Å². The average Bonchev–Trinajstić information content (AvgIpc) is 2.72. The van der Waals surface area contributed by atoms with Crippen molar-refractivity contribution in [2.24, 2.45) is 4.99 Å². The molecular weight excluding hydrogens is 336 g/mol. The Bertz CT molecular complexity index is 629. The first-order valence-corrected chi connectivity index (χ1v) is 10.3. The van der Waals surface area contributed by atoms with Crippen LogP contribution in [-0.2, 0) is 6.54 Å². The van der Waals surface area contributed by atoms with Gasteiger partial charge in [0, 0.05) is 52.5 Å². The second-order valence-electron chi connectivity index (χ2n) is 7.53. The van der Waals surface area contributed by atoms with Gasteiger partial charge < -0.3 is 20.4 Å². The van der Waals surface area contributed by atoms with Gasteiger partial charge in [0.15, 0.2) is 5.96 Å². The van der Waals surface area contributed by atoms with Gasteiger partial charge in [0.1, 0.15) is 5.82 Å². The second-order valence-corrected chi connectivity index (χ2v) is 7.53. The van der Waals surface area contributed by atoms with Crippen LogP contribution in [0.5, 0.6) is 0 Å². The Labute approximate surface area is 163 Å². The summed E-state index contributed by atoms with van der Waals surface area (Å²) in [7, 11) is 4.00. The van der Waals surface area contributed by atoms with Crippen LogP contribution < -0.4 is 15.5 Å². The first-order chi connectivity index (χ1) is 13.2. The number of nitrogens with zero attached hydrogens (tertiary/aromatic N) is 4. The fraction of sp³-hybridized carbons (Fsp3) is 0.619. The number of pyridine rings is 1. The third-order valence-electron chi connectivity index (χ3n) is 5.44. The smallest absolute Gasteiger partial charge is 0.191 e. The summed E-state index contributed by atoms with van der Waals surface area (Å²) in [5.41, 5.74) is 2.76.